The summed E-state index contributed by atoms with van der Waals surface area (Å²) in [4.78, 5) is 11.8. The standard InChI is InChI=1S/C14H21FN2O2/c1-4-16-10(2)9-17-14(18)11(3)19-13-7-5-6-12(15)8-13/h5-8,10-11,16H,4,9H2,1-3H3,(H,17,18)/t10-,11?/m1/s1. The zero-order valence-electron chi connectivity index (χ0n) is 11.6. The van der Waals surface area contributed by atoms with E-state index in [-0.39, 0.29) is 17.8 Å². The molecule has 0 aliphatic carbocycles. The van der Waals surface area contributed by atoms with Crippen molar-refractivity contribution < 1.29 is 13.9 Å². The summed E-state index contributed by atoms with van der Waals surface area (Å²) < 4.78 is 18.3. The van der Waals surface area contributed by atoms with Crippen LogP contribution in [0.5, 0.6) is 5.75 Å². The summed E-state index contributed by atoms with van der Waals surface area (Å²) in [6, 6.07) is 5.95. The van der Waals surface area contributed by atoms with Crippen LogP contribution in [0.2, 0.25) is 0 Å². The van der Waals surface area contributed by atoms with Crippen LogP contribution >= 0.6 is 0 Å². The molecular weight excluding hydrogens is 247 g/mol. The molecule has 0 saturated heterocycles. The zero-order valence-corrected chi connectivity index (χ0v) is 11.6. The van der Waals surface area contributed by atoms with Gasteiger partial charge in [0.15, 0.2) is 6.10 Å². The number of carbonyl (C=O) groups is 1. The molecule has 4 nitrogen and oxygen atoms in total. The number of likely N-dealkylation sites (N-methyl/N-ethyl adjacent to an activating group) is 1. The van der Waals surface area contributed by atoms with Crippen molar-refractivity contribution in [2.75, 3.05) is 13.1 Å². The van der Waals surface area contributed by atoms with Crippen molar-refractivity contribution in [3.05, 3.63) is 30.1 Å². The minimum Gasteiger partial charge on any atom is -0.481 e. The van der Waals surface area contributed by atoms with Gasteiger partial charge in [0.1, 0.15) is 11.6 Å². The number of rotatable bonds is 7. The van der Waals surface area contributed by atoms with Gasteiger partial charge in [0.25, 0.3) is 5.91 Å². The number of hydrogen-bond donors (Lipinski definition) is 2. The maximum absolute atomic E-state index is 13.0. The number of ether oxygens (including phenoxy) is 1. The molecule has 2 N–H and O–H groups in total. The first kappa shape index (κ1) is 15.4. The van der Waals surface area contributed by atoms with Crippen LogP contribution in [0, 0.1) is 5.82 Å². The maximum Gasteiger partial charge on any atom is 0.260 e. The predicted molar refractivity (Wildman–Crippen MR) is 72.6 cm³/mol. The first-order chi connectivity index (χ1) is 9.02. The van der Waals surface area contributed by atoms with Gasteiger partial charge in [0, 0.05) is 18.7 Å². The number of carbonyl (C=O) groups excluding carboxylic acids is 1. The second kappa shape index (κ2) is 7.74. The van der Waals surface area contributed by atoms with Gasteiger partial charge in [-0.1, -0.05) is 13.0 Å². The third-order valence-electron chi connectivity index (χ3n) is 2.61. The van der Waals surface area contributed by atoms with Crippen LogP contribution < -0.4 is 15.4 Å². The summed E-state index contributed by atoms with van der Waals surface area (Å²) in [5.41, 5.74) is 0. The Labute approximate surface area is 113 Å². The maximum atomic E-state index is 13.0. The normalized spacial score (nSPS) is 13.7. The monoisotopic (exact) mass is 268 g/mol. The molecule has 1 unspecified atom stereocenters. The van der Waals surface area contributed by atoms with Gasteiger partial charge in [-0.15, -0.1) is 0 Å². The molecule has 0 radical (unpaired) electrons. The van der Waals surface area contributed by atoms with Crippen molar-refractivity contribution >= 4 is 5.91 Å². The van der Waals surface area contributed by atoms with E-state index in [1.807, 2.05) is 13.8 Å². The van der Waals surface area contributed by atoms with Crippen LogP contribution in [-0.4, -0.2) is 31.1 Å². The Kier molecular flexibility index (Phi) is 6.29. The summed E-state index contributed by atoms with van der Waals surface area (Å²) in [6.45, 7) is 7.02. The lowest BCUT2D eigenvalue weighted by Gasteiger charge is -2.17. The molecular formula is C14H21FN2O2. The largest absolute Gasteiger partial charge is 0.481 e. The molecule has 0 aromatic heterocycles. The molecule has 0 aliphatic heterocycles. The molecule has 1 aromatic carbocycles. The van der Waals surface area contributed by atoms with Crippen LogP contribution in [0.3, 0.4) is 0 Å². The van der Waals surface area contributed by atoms with E-state index >= 15 is 0 Å². The fraction of sp³-hybridized carbons (Fsp3) is 0.500. The molecule has 5 heteroatoms. The Morgan fingerprint density at radius 2 is 2.16 bits per heavy atom. The Bertz CT molecular complexity index is 412. The molecule has 2 atom stereocenters. The van der Waals surface area contributed by atoms with Gasteiger partial charge in [-0.25, -0.2) is 4.39 Å². The second-order valence-electron chi connectivity index (χ2n) is 4.42. The SMILES string of the molecule is CCN[C@H](C)CNC(=O)C(C)Oc1cccc(F)c1. The number of nitrogens with one attached hydrogen (secondary N) is 2. The fourth-order valence-electron chi connectivity index (χ4n) is 1.62. The molecule has 1 aromatic rings. The number of hydrogen-bond acceptors (Lipinski definition) is 3. The van der Waals surface area contributed by atoms with Gasteiger partial charge in [-0.2, -0.15) is 0 Å². The highest BCUT2D eigenvalue weighted by Crippen LogP contribution is 2.13. The molecule has 1 amide bonds. The summed E-state index contributed by atoms with van der Waals surface area (Å²) in [7, 11) is 0. The van der Waals surface area contributed by atoms with E-state index in [9.17, 15) is 9.18 Å². The molecule has 19 heavy (non-hydrogen) atoms. The molecule has 0 fully saturated rings. The van der Waals surface area contributed by atoms with Gasteiger partial charge >= 0.3 is 0 Å². The average molecular weight is 268 g/mol. The van der Waals surface area contributed by atoms with Crippen LogP contribution in [0.1, 0.15) is 20.8 Å². The first-order valence-electron chi connectivity index (χ1n) is 6.46. The minimum absolute atomic E-state index is 0.204. The van der Waals surface area contributed by atoms with E-state index in [1.165, 1.54) is 12.1 Å². The first-order valence-corrected chi connectivity index (χ1v) is 6.46. The topological polar surface area (TPSA) is 50.4 Å². The average Bonchev–Trinajstić information content (AvgIpc) is 2.36. The summed E-state index contributed by atoms with van der Waals surface area (Å²) in [5, 5.41) is 5.97. The molecule has 0 spiro atoms. The van der Waals surface area contributed by atoms with Crippen LogP contribution in [0.4, 0.5) is 4.39 Å². The predicted octanol–water partition coefficient (Wildman–Crippen LogP) is 1.71. The van der Waals surface area contributed by atoms with E-state index in [2.05, 4.69) is 10.6 Å². The van der Waals surface area contributed by atoms with Crippen molar-refractivity contribution in [2.24, 2.45) is 0 Å². The third-order valence-corrected chi connectivity index (χ3v) is 2.61. The Morgan fingerprint density at radius 1 is 1.42 bits per heavy atom. The summed E-state index contributed by atoms with van der Waals surface area (Å²) in [5.74, 6) is -0.248. The molecule has 1 rings (SSSR count). The zero-order chi connectivity index (χ0) is 14.3. The summed E-state index contributed by atoms with van der Waals surface area (Å²) in [6.07, 6.45) is -0.657. The lowest BCUT2D eigenvalue weighted by Crippen LogP contribution is -2.43. The minimum atomic E-state index is -0.657. The molecule has 0 saturated carbocycles. The van der Waals surface area contributed by atoms with Crippen LogP contribution in [-0.2, 0) is 4.79 Å². The fourth-order valence-corrected chi connectivity index (χ4v) is 1.62. The van der Waals surface area contributed by atoms with Gasteiger partial charge < -0.3 is 15.4 Å². The van der Waals surface area contributed by atoms with Gasteiger partial charge in [-0.3, -0.25) is 4.79 Å². The van der Waals surface area contributed by atoms with E-state index in [4.69, 9.17) is 4.74 Å². The van der Waals surface area contributed by atoms with E-state index in [0.717, 1.165) is 6.54 Å². The van der Waals surface area contributed by atoms with Gasteiger partial charge in [0.2, 0.25) is 0 Å². The van der Waals surface area contributed by atoms with Gasteiger partial charge in [-0.05, 0) is 32.5 Å². The molecule has 0 bridgehead atoms. The third kappa shape index (κ3) is 5.70. The van der Waals surface area contributed by atoms with Crippen LogP contribution in [0.25, 0.3) is 0 Å². The van der Waals surface area contributed by atoms with Crippen molar-refractivity contribution in [1.29, 1.82) is 0 Å². The summed E-state index contributed by atoms with van der Waals surface area (Å²) >= 11 is 0. The van der Waals surface area contributed by atoms with E-state index in [0.29, 0.717) is 12.3 Å². The highest BCUT2D eigenvalue weighted by molar-refractivity contribution is 5.80. The quantitative estimate of drug-likeness (QED) is 0.791. The van der Waals surface area contributed by atoms with Gasteiger partial charge in [0.05, 0.1) is 0 Å². The van der Waals surface area contributed by atoms with Crippen molar-refractivity contribution in [2.45, 2.75) is 32.9 Å². The Morgan fingerprint density at radius 3 is 2.79 bits per heavy atom. The highest BCUT2D eigenvalue weighted by atomic mass is 19.1. The van der Waals surface area contributed by atoms with E-state index < -0.39 is 6.10 Å². The van der Waals surface area contributed by atoms with Crippen LogP contribution in [0.15, 0.2) is 24.3 Å². The highest BCUT2D eigenvalue weighted by Gasteiger charge is 2.15. The van der Waals surface area contributed by atoms with E-state index in [1.54, 1.807) is 19.1 Å². The number of benzene rings is 1. The molecule has 0 aliphatic rings. The molecule has 0 heterocycles. The van der Waals surface area contributed by atoms with Crippen molar-refractivity contribution in [3.8, 4) is 5.75 Å². The number of halogens is 1. The smallest absolute Gasteiger partial charge is 0.260 e. The Balaban J connectivity index is 2.40. The lowest BCUT2D eigenvalue weighted by molar-refractivity contribution is -0.127. The van der Waals surface area contributed by atoms with Crippen molar-refractivity contribution in [3.63, 3.8) is 0 Å². The second-order valence-corrected chi connectivity index (χ2v) is 4.42. The molecule has 106 valence electrons. The number of amides is 1. The lowest BCUT2D eigenvalue weighted by atomic mass is 10.3. The Hall–Kier alpha value is -1.62. The van der Waals surface area contributed by atoms with Crippen molar-refractivity contribution in [1.82, 2.24) is 10.6 Å².